The van der Waals surface area contributed by atoms with E-state index in [-0.39, 0.29) is 48.4 Å². The highest BCUT2D eigenvalue weighted by atomic mass is 35.5. The number of carbonyl (C=O) groups is 2. The summed E-state index contributed by atoms with van der Waals surface area (Å²) in [6, 6.07) is 25.8. The van der Waals surface area contributed by atoms with Crippen molar-refractivity contribution in [1.82, 2.24) is 30.4 Å². The van der Waals surface area contributed by atoms with Crippen molar-refractivity contribution in [3.8, 4) is 68.5 Å². The van der Waals surface area contributed by atoms with Gasteiger partial charge in [-0.2, -0.15) is 15.0 Å². The molecule has 1 N–H and O–H groups in total. The Hall–Kier alpha value is -5.97. The van der Waals surface area contributed by atoms with E-state index < -0.39 is 18.2 Å². The first-order chi connectivity index (χ1) is 32.3. The van der Waals surface area contributed by atoms with Crippen LogP contribution in [0.15, 0.2) is 105 Å². The summed E-state index contributed by atoms with van der Waals surface area (Å²) in [4.78, 5) is 39.8. The zero-order chi connectivity index (χ0) is 46.1. The van der Waals surface area contributed by atoms with Gasteiger partial charge in [0.25, 0.3) is 17.7 Å². The van der Waals surface area contributed by atoms with Gasteiger partial charge in [-0.1, -0.05) is 57.9 Å². The average molecular weight is 958 g/mol. The molecule has 7 aromatic rings. The van der Waals surface area contributed by atoms with E-state index in [4.69, 9.17) is 67.6 Å². The van der Waals surface area contributed by atoms with Crippen molar-refractivity contribution in [2.75, 3.05) is 37.5 Å². The normalized spacial score (nSPS) is 11.8. The molecule has 0 amide bonds. The molecule has 66 heavy (non-hydrogen) atoms. The lowest BCUT2D eigenvalue weighted by molar-refractivity contribution is -0.103. The molecule has 0 radical (unpaired) electrons. The van der Waals surface area contributed by atoms with Crippen LogP contribution in [0, 0.1) is 0 Å². The molecule has 0 saturated carbocycles. The molecule has 0 aliphatic rings. The summed E-state index contributed by atoms with van der Waals surface area (Å²) in [6.07, 6.45) is 6.25. The fraction of sp³-hybridized carbons (Fsp3) is 0.333. The van der Waals surface area contributed by atoms with Crippen molar-refractivity contribution in [3.63, 3.8) is 0 Å². The van der Waals surface area contributed by atoms with E-state index in [2.05, 4.69) is 25.4 Å². The standard InChI is InChI=1S/C48H47Cl3N6O9/c49-19-4-1-7-22-61-46(58)34-16-10-13-31(25-34)40-52-43(64-55-40)37-28-38(44-53-41(56-65-44)32-14-11-17-35(26-32)47(59)62-23-8-2-5-20-50)30-39(29-37)45-54-42(57-66-45)33-15-12-18-36(27-33)48(60)63-24-9-3-6-21-51/h10-18,25-30,46,58H,1-9,19-24H2. The van der Waals surface area contributed by atoms with Gasteiger partial charge in [-0.05, 0) is 106 Å². The fourth-order valence-electron chi connectivity index (χ4n) is 6.68. The molecular formula is C48H47Cl3N6O9. The second-order valence-electron chi connectivity index (χ2n) is 15.1. The highest BCUT2D eigenvalue weighted by Crippen LogP contribution is 2.34. The maximum Gasteiger partial charge on any atom is 0.338 e. The third-order valence-electron chi connectivity index (χ3n) is 10.2. The number of hydrogen-bond acceptors (Lipinski definition) is 15. The number of nitrogens with zero attached hydrogens (tertiary/aromatic N) is 6. The van der Waals surface area contributed by atoms with Gasteiger partial charge in [-0.15, -0.1) is 34.8 Å². The maximum absolute atomic E-state index is 12.8. The molecule has 0 aliphatic heterocycles. The SMILES string of the molecule is O=C(OCCCCCCl)c1cccc(-c2noc(-c3cc(-c4nc(-c5cccc(C(=O)OCCCCCCl)c5)no4)cc(-c4nc(-c5cccc(C(O)OCCCCCCl)c5)no4)c3)n2)c1. The van der Waals surface area contributed by atoms with Crippen molar-refractivity contribution in [3.05, 3.63) is 108 Å². The fourth-order valence-corrected chi connectivity index (χ4v) is 7.25. The zero-order valence-corrected chi connectivity index (χ0v) is 38.1. The number of aliphatic hydroxyl groups is 1. The van der Waals surface area contributed by atoms with E-state index >= 15 is 0 Å². The van der Waals surface area contributed by atoms with Crippen molar-refractivity contribution >= 4 is 46.7 Å². The topological polar surface area (TPSA) is 199 Å². The number of ether oxygens (including phenoxy) is 3. The van der Waals surface area contributed by atoms with E-state index in [0.29, 0.717) is 87.2 Å². The zero-order valence-electron chi connectivity index (χ0n) is 35.9. The second-order valence-corrected chi connectivity index (χ2v) is 16.2. The van der Waals surface area contributed by atoms with Crippen LogP contribution in [0.1, 0.15) is 90.4 Å². The number of hydrogen-bond donors (Lipinski definition) is 1. The first-order valence-electron chi connectivity index (χ1n) is 21.6. The molecule has 7 rings (SSSR count). The summed E-state index contributed by atoms with van der Waals surface area (Å²) >= 11 is 17.3. The van der Waals surface area contributed by atoms with Crippen molar-refractivity contribution in [1.29, 1.82) is 0 Å². The van der Waals surface area contributed by atoms with Crippen LogP contribution in [-0.2, 0) is 14.2 Å². The Morgan fingerprint density at radius 3 is 1.30 bits per heavy atom. The Morgan fingerprint density at radius 2 is 0.879 bits per heavy atom. The van der Waals surface area contributed by atoms with Gasteiger partial charge >= 0.3 is 11.9 Å². The molecule has 3 heterocycles. The summed E-state index contributed by atoms with van der Waals surface area (Å²) in [5.74, 6) is 1.87. The van der Waals surface area contributed by atoms with Crippen molar-refractivity contribution < 1.29 is 42.5 Å². The molecule has 1 atom stereocenters. The molecule has 0 bridgehead atoms. The predicted octanol–water partition coefficient (Wildman–Crippen LogP) is 11.4. The third-order valence-corrected chi connectivity index (χ3v) is 11.0. The number of carbonyl (C=O) groups excluding carboxylic acids is 2. The van der Waals surface area contributed by atoms with Crippen LogP contribution in [0.3, 0.4) is 0 Å². The monoisotopic (exact) mass is 956 g/mol. The molecule has 0 aliphatic carbocycles. The molecule has 3 aromatic heterocycles. The quantitative estimate of drug-likeness (QED) is 0.0245. The smallest absolute Gasteiger partial charge is 0.338 e. The van der Waals surface area contributed by atoms with Gasteiger partial charge in [0, 0.05) is 56.6 Å². The predicted molar refractivity (Wildman–Crippen MR) is 248 cm³/mol. The van der Waals surface area contributed by atoms with Gasteiger partial charge in [0.2, 0.25) is 17.5 Å². The first kappa shape index (κ1) is 48.0. The van der Waals surface area contributed by atoms with Crippen LogP contribution in [0.5, 0.6) is 0 Å². The van der Waals surface area contributed by atoms with Crippen LogP contribution in [-0.4, -0.2) is 84.9 Å². The number of benzene rings is 4. The van der Waals surface area contributed by atoms with E-state index in [9.17, 15) is 14.7 Å². The number of halogens is 3. The van der Waals surface area contributed by atoms with E-state index in [0.717, 1.165) is 44.9 Å². The lowest BCUT2D eigenvalue weighted by Gasteiger charge is -2.12. The molecule has 344 valence electrons. The van der Waals surface area contributed by atoms with Crippen molar-refractivity contribution in [2.45, 2.75) is 64.1 Å². The summed E-state index contributed by atoms with van der Waals surface area (Å²) in [6.45, 7) is 0.947. The van der Waals surface area contributed by atoms with Crippen LogP contribution in [0.4, 0.5) is 0 Å². The van der Waals surface area contributed by atoms with Crippen molar-refractivity contribution in [2.24, 2.45) is 0 Å². The third kappa shape index (κ3) is 13.1. The lowest BCUT2D eigenvalue weighted by atomic mass is 10.0. The lowest BCUT2D eigenvalue weighted by Crippen LogP contribution is -2.06. The first-order valence-corrected chi connectivity index (χ1v) is 23.2. The number of esters is 2. The Labute approximate surface area is 395 Å². The van der Waals surface area contributed by atoms with Crippen LogP contribution in [0.25, 0.3) is 68.5 Å². The largest absolute Gasteiger partial charge is 0.462 e. The summed E-state index contributed by atoms with van der Waals surface area (Å²) in [7, 11) is 0. The van der Waals surface area contributed by atoms with E-state index in [1.54, 1.807) is 91.0 Å². The molecule has 0 saturated heterocycles. The Balaban J connectivity index is 1.17. The molecule has 0 fully saturated rings. The van der Waals surface area contributed by atoms with Crippen LogP contribution in [0.2, 0.25) is 0 Å². The molecule has 0 spiro atoms. The Kier molecular flexibility index (Phi) is 17.8. The molecule has 1 unspecified atom stereocenters. The number of aromatic nitrogens is 6. The van der Waals surface area contributed by atoms with E-state index in [1.165, 1.54) is 0 Å². The average Bonchev–Trinajstić information content (AvgIpc) is 4.17. The minimum absolute atomic E-state index is 0.123. The van der Waals surface area contributed by atoms with Crippen LogP contribution < -0.4 is 0 Å². The Bertz CT molecular complexity index is 2540. The van der Waals surface area contributed by atoms with Gasteiger partial charge in [0.15, 0.2) is 6.29 Å². The summed E-state index contributed by atoms with van der Waals surface area (Å²) in [5, 5.41) is 23.4. The minimum atomic E-state index is -1.15. The molecular weight excluding hydrogens is 911 g/mol. The molecule has 4 aromatic carbocycles. The van der Waals surface area contributed by atoms with Gasteiger partial charge in [-0.3, -0.25) is 0 Å². The number of rotatable bonds is 25. The maximum atomic E-state index is 12.8. The van der Waals surface area contributed by atoms with Gasteiger partial charge < -0.3 is 32.9 Å². The van der Waals surface area contributed by atoms with E-state index in [1.807, 2.05) is 0 Å². The Morgan fingerprint density at radius 1 is 0.485 bits per heavy atom. The highest BCUT2D eigenvalue weighted by Gasteiger charge is 2.22. The summed E-state index contributed by atoms with van der Waals surface area (Å²) < 4.78 is 34.0. The molecule has 15 nitrogen and oxygen atoms in total. The van der Waals surface area contributed by atoms with Gasteiger partial charge in [-0.25, -0.2) is 9.59 Å². The number of aliphatic hydroxyl groups excluding tert-OH is 1. The summed E-state index contributed by atoms with van der Waals surface area (Å²) in [5.41, 5.74) is 4.18. The van der Waals surface area contributed by atoms with Gasteiger partial charge in [0.05, 0.1) is 30.9 Å². The number of alkyl halides is 3. The second kappa shape index (κ2) is 24.5. The molecule has 18 heteroatoms. The number of unbranched alkanes of at least 4 members (excludes halogenated alkanes) is 6. The highest BCUT2D eigenvalue weighted by molar-refractivity contribution is 6.18. The van der Waals surface area contributed by atoms with Gasteiger partial charge in [0.1, 0.15) is 0 Å². The minimum Gasteiger partial charge on any atom is -0.462 e. The van der Waals surface area contributed by atoms with Crippen LogP contribution >= 0.6 is 34.8 Å².